The van der Waals surface area contributed by atoms with E-state index in [0.29, 0.717) is 18.0 Å². The van der Waals surface area contributed by atoms with E-state index in [1.54, 1.807) is 23.3 Å². The van der Waals surface area contributed by atoms with Gasteiger partial charge in [0, 0.05) is 45.5 Å². The third-order valence-electron chi connectivity index (χ3n) is 4.94. The molecule has 0 aromatic carbocycles. The summed E-state index contributed by atoms with van der Waals surface area (Å²) in [6.45, 7) is 4.91. The average molecular weight is 350 g/mol. The topological polar surface area (TPSA) is 73.3 Å². The standard InChI is InChI=1S/C16H22N4O3S/c21-16(19-7-5-18(6-8-19)11-13-1-2-13)14-3-4-15-17-24(22,23)10-9-20(15)12-14/h3-4,12-13H,1-2,5-11H2. The predicted octanol–water partition coefficient (Wildman–Crippen LogP) is 0.0382. The van der Waals surface area contributed by atoms with Crippen LogP contribution in [-0.2, 0) is 14.8 Å². The summed E-state index contributed by atoms with van der Waals surface area (Å²) in [5.41, 5.74) is 0.601. The Morgan fingerprint density at radius 3 is 2.58 bits per heavy atom. The number of amides is 1. The Hall–Kier alpha value is -1.67. The van der Waals surface area contributed by atoms with Crippen molar-refractivity contribution in [2.75, 3.05) is 45.0 Å². The molecule has 0 unspecified atom stereocenters. The van der Waals surface area contributed by atoms with E-state index in [1.807, 2.05) is 4.90 Å². The second kappa shape index (κ2) is 6.00. The molecule has 0 radical (unpaired) electrons. The molecule has 1 saturated heterocycles. The fourth-order valence-corrected chi connectivity index (χ4v) is 4.28. The van der Waals surface area contributed by atoms with Crippen LogP contribution in [0.4, 0.5) is 0 Å². The molecule has 1 saturated carbocycles. The molecule has 4 rings (SSSR count). The van der Waals surface area contributed by atoms with Gasteiger partial charge in [-0.25, -0.2) is 8.42 Å². The van der Waals surface area contributed by atoms with Crippen LogP contribution in [0.15, 0.2) is 28.3 Å². The van der Waals surface area contributed by atoms with E-state index in [4.69, 9.17) is 0 Å². The minimum atomic E-state index is -3.36. The van der Waals surface area contributed by atoms with E-state index < -0.39 is 10.0 Å². The van der Waals surface area contributed by atoms with Gasteiger partial charge >= 0.3 is 0 Å². The van der Waals surface area contributed by atoms with Crippen molar-refractivity contribution in [2.24, 2.45) is 10.3 Å². The Balaban J connectivity index is 1.39. The highest BCUT2D eigenvalue weighted by molar-refractivity contribution is 7.90. The van der Waals surface area contributed by atoms with Crippen molar-refractivity contribution in [1.29, 1.82) is 0 Å². The molecule has 0 aromatic rings. The average Bonchev–Trinajstić information content (AvgIpc) is 3.38. The number of sulfonamides is 1. The summed E-state index contributed by atoms with van der Waals surface area (Å²) < 4.78 is 26.8. The van der Waals surface area contributed by atoms with Gasteiger partial charge in [-0.15, -0.1) is 4.40 Å². The van der Waals surface area contributed by atoms with Crippen molar-refractivity contribution in [3.05, 3.63) is 23.9 Å². The SMILES string of the molecule is O=C(C1=CN2CCS(=O)(=O)N=C2C=C1)N1CCN(CC2CC2)CC1. The van der Waals surface area contributed by atoms with Gasteiger partial charge in [0.2, 0.25) is 0 Å². The Morgan fingerprint density at radius 1 is 1.12 bits per heavy atom. The van der Waals surface area contributed by atoms with Gasteiger partial charge in [-0.3, -0.25) is 9.69 Å². The van der Waals surface area contributed by atoms with E-state index >= 15 is 0 Å². The summed E-state index contributed by atoms with van der Waals surface area (Å²) in [6, 6.07) is 0. The highest BCUT2D eigenvalue weighted by atomic mass is 32.2. The molecule has 1 aliphatic carbocycles. The number of piperazine rings is 1. The first kappa shape index (κ1) is 15.8. The molecule has 8 heteroatoms. The molecule has 7 nitrogen and oxygen atoms in total. The molecule has 4 aliphatic rings. The number of hydrogen-bond acceptors (Lipinski definition) is 5. The lowest BCUT2D eigenvalue weighted by Gasteiger charge is -2.35. The molecule has 2 fully saturated rings. The minimum Gasteiger partial charge on any atom is -0.336 e. The minimum absolute atomic E-state index is 0.0118. The van der Waals surface area contributed by atoms with E-state index in [2.05, 4.69) is 9.30 Å². The van der Waals surface area contributed by atoms with E-state index in [9.17, 15) is 13.2 Å². The van der Waals surface area contributed by atoms with E-state index in [1.165, 1.54) is 19.4 Å². The van der Waals surface area contributed by atoms with Crippen molar-refractivity contribution in [3.8, 4) is 0 Å². The second-order valence-electron chi connectivity index (χ2n) is 6.88. The third-order valence-corrected chi connectivity index (χ3v) is 6.11. The van der Waals surface area contributed by atoms with Crippen LogP contribution in [0, 0.1) is 5.92 Å². The molecule has 1 amide bonds. The first-order valence-electron chi connectivity index (χ1n) is 8.51. The summed E-state index contributed by atoms with van der Waals surface area (Å²) in [5, 5.41) is 0. The first-order valence-corrected chi connectivity index (χ1v) is 10.1. The number of carbonyl (C=O) groups excluding carboxylic acids is 1. The second-order valence-corrected chi connectivity index (χ2v) is 8.64. The maximum Gasteiger partial charge on any atom is 0.256 e. The zero-order chi connectivity index (χ0) is 16.7. The van der Waals surface area contributed by atoms with Crippen LogP contribution in [0.2, 0.25) is 0 Å². The van der Waals surface area contributed by atoms with Gasteiger partial charge in [0.05, 0.1) is 11.3 Å². The van der Waals surface area contributed by atoms with Crippen LogP contribution in [0.3, 0.4) is 0 Å². The maximum absolute atomic E-state index is 12.7. The van der Waals surface area contributed by atoms with Gasteiger partial charge in [-0.05, 0) is 30.9 Å². The molecule has 130 valence electrons. The van der Waals surface area contributed by atoms with Crippen LogP contribution in [0.1, 0.15) is 12.8 Å². The zero-order valence-corrected chi connectivity index (χ0v) is 14.4. The lowest BCUT2D eigenvalue weighted by molar-refractivity contribution is -0.128. The lowest BCUT2D eigenvalue weighted by Crippen LogP contribution is -2.49. The zero-order valence-electron chi connectivity index (χ0n) is 13.6. The van der Waals surface area contributed by atoms with Gasteiger partial charge in [0.25, 0.3) is 15.9 Å². The van der Waals surface area contributed by atoms with Gasteiger partial charge in [-0.1, -0.05) is 0 Å². The number of amidine groups is 1. The monoisotopic (exact) mass is 350 g/mol. The molecule has 0 aromatic heterocycles. The van der Waals surface area contributed by atoms with Crippen molar-refractivity contribution in [2.45, 2.75) is 12.8 Å². The highest BCUT2D eigenvalue weighted by Crippen LogP contribution is 2.30. The van der Waals surface area contributed by atoms with Gasteiger partial charge in [0.15, 0.2) is 0 Å². The lowest BCUT2D eigenvalue weighted by atomic mass is 10.1. The first-order chi connectivity index (χ1) is 11.5. The number of carbonyl (C=O) groups is 1. The fraction of sp³-hybridized carbons (Fsp3) is 0.625. The Bertz CT molecular complexity index is 728. The summed E-state index contributed by atoms with van der Waals surface area (Å²) >= 11 is 0. The van der Waals surface area contributed by atoms with Crippen LogP contribution in [0.25, 0.3) is 0 Å². The molecule has 3 aliphatic heterocycles. The summed E-state index contributed by atoms with van der Waals surface area (Å²) in [4.78, 5) is 18.8. The van der Waals surface area contributed by atoms with Gasteiger partial charge in [-0.2, -0.15) is 0 Å². The Kier molecular flexibility index (Phi) is 3.96. The molecule has 0 bridgehead atoms. The summed E-state index contributed by atoms with van der Waals surface area (Å²) in [6.07, 6.45) is 7.73. The van der Waals surface area contributed by atoms with Crippen LogP contribution >= 0.6 is 0 Å². The highest BCUT2D eigenvalue weighted by Gasteiger charge is 2.30. The molecule has 0 spiro atoms. The predicted molar refractivity (Wildman–Crippen MR) is 90.9 cm³/mol. The molecule has 0 N–H and O–H groups in total. The van der Waals surface area contributed by atoms with Crippen LogP contribution in [-0.4, -0.2) is 79.9 Å². The summed E-state index contributed by atoms with van der Waals surface area (Å²) in [7, 11) is -3.36. The van der Waals surface area contributed by atoms with Gasteiger partial charge in [0.1, 0.15) is 5.84 Å². The van der Waals surface area contributed by atoms with E-state index in [-0.39, 0.29) is 11.7 Å². The summed E-state index contributed by atoms with van der Waals surface area (Å²) in [5.74, 6) is 1.28. The van der Waals surface area contributed by atoms with Crippen LogP contribution < -0.4 is 0 Å². The van der Waals surface area contributed by atoms with Crippen molar-refractivity contribution < 1.29 is 13.2 Å². The number of rotatable bonds is 3. The number of nitrogens with zero attached hydrogens (tertiary/aromatic N) is 4. The smallest absolute Gasteiger partial charge is 0.256 e. The van der Waals surface area contributed by atoms with E-state index in [0.717, 1.165) is 32.1 Å². The van der Waals surface area contributed by atoms with Crippen molar-refractivity contribution >= 4 is 21.8 Å². The fourth-order valence-electron chi connectivity index (χ4n) is 3.31. The quantitative estimate of drug-likeness (QED) is 0.718. The normalized spacial score (nSPS) is 26.7. The number of fused-ring (bicyclic) bond motifs is 1. The molecular formula is C16H22N4O3S. The maximum atomic E-state index is 12.7. The number of hydrogen-bond donors (Lipinski definition) is 0. The van der Waals surface area contributed by atoms with Gasteiger partial charge < -0.3 is 9.80 Å². The Labute approximate surface area is 142 Å². The van der Waals surface area contributed by atoms with Crippen LogP contribution in [0.5, 0.6) is 0 Å². The van der Waals surface area contributed by atoms with Crippen molar-refractivity contribution in [3.63, 3.8) is 0 Å². The largest absolute Gasteiger partial charge is 0.336 e. The molecule has 3 heterocycles. The third kappa shape index (κ3) is 3.39. The van der Waals surface area contributed by atoms with Crippen molar-refractivity contribution in [1.82, 2.24) is 14.7 Å². The molecule has 0 atom stereocenters. The Morgan fingerprint density at radius 2 is 1.88 bits per heavy atom. The molecular weight excluding hydrogens is 328 g/mol. The molecule has 24 heavy (non-hydrogen) atoms.